The van der Waals surface area contributed by atoms with Crippen molar-refractivity contribution < 1.29 is 9.52 Å². The number of furan rings is 1. The Balaban J connectivity index is 1.96. The predicted molar refractivity (Wildman–Crippen MR) is 71.2 cm³/mol. The Morgan fingerprint density at radius 1 is 1.25 bits per heavy atom. The van der Waals surface area contributed by atoms with Gasteiger partial charge < -0.3 is 9.52 Å². The molecule has 3 aromatic rings. The van der Waals surface area contributed by atoms with Gasteiger partial charge in [-0.25, -0.2) is 9.89 Å². The van der Waals surface area contributed by atoms with Crippen LogP contribution in [0.15, 0.2) is 57.9 Å². The molecule has 2 N–H and O–H groups in total. The first-order chi connectivity index (χ1) is 9.75. The number of aliphatic hydroxyl groups excluding tert-OH is 1. The van der Waals surface area contributed by atoms with E-state index < -0.39 is 6.10 Å². The molecular formula is C14H13N3O3. The molecular weight excluding hydrogens is 258 g/mol. The number of nitrogens with zero attached hydrogens (tertiary/aromatic N) is 2. The monoisotopic (exact) mass is 271 g/mol. The summed E-state index contributed by atoms with van der Waals surface area (Å²) in [6, 6.07) is 12.6. The standard InChI is InChI=1S/C14H13N3O3/c18-12(10-5-2-1-3-6-10)13-15-16-14(19)17(13)9-11-7-4-8-20-11/h1-8,12,18H,9H2,(H,16,19)/t12-/m1/s1. The molecule has 20 heavy (non-hydrogen) atoms. The molecule has 0 spiro atoms. The van der Waals surface area contributed by atoms with Gasteiger partial charge in [-0.05, 0) is 17.7 Å². The number of aliphatic hydroxyl groups is 1. The molecule has 0 aliphatic rings. The Morgan fingerprint density at radius 2 is 2.05 bits per heavy atom. The molecule has 0 fully saturated rings. The van der Waals surface area contributed by atoms with Gasteiger partial charge in [-0.3, -0.25) is 4.57 Å². The zero-order valence-corrected chi connectivity index (χ0v) is 10.6. The number of nitrogens with one attached hydrogen (secondary N) is 1. The molecule has 6 nitrogen and oxygen atoms in total. The molecule has 2 heterocycles. The number of benzene rings is 1. The topological polar surface area (TPSA) is 84.0 Å². The quantitative estimate of drug-likeness (QED) is 0.749. The summed E-state index contributed by atoms with van der Waals surface area (Å²) >= 11 is 0. The van der Waals surface area contributed by atoms with E-state index in [-0.39, 0.29) is 18.1 Å². The third kappa shape index (κ3) is 2.28. The van der Waals surface area contributed by atoms with E-state index in [0.717, 1.165) is 0 Å². The summed E-state index contributed by atoms with van der Waals surface area (Å²) in [5.41, 5.74) is 0.290. The van der Waals surface area contributed by atoms with E-state index in [9.17, 15) is 9.90 Å². The number of hydrogen-bond acceptors (Lipinski definition) is 4. The second-order valence-corrected chi connectivity index (χ2v) is 4.37. The minimum Gasteiger partial charge on any atom is -0.467 e. The lowest BCUT2D eigenvalue weighted by atomic mass is 10.1. The Morgan fingerprint density at radius 3 is 2.75 bits per heavy atom. The zero-order chi connectivity index (χ0) is 13.9. The van der Waals surface area contributed by atoms with Gasteiger partial charge in [-0.15, -0.1) is 0 Å². The van der Waals surface area contributed by atoms with Crippen LogP contribution in [-0.4, -0.2) is 19.9 Å². The number of aromatic nitrogens is 3. The largest absolute Gasteiger partial charge is 0.467 e. The van der Waals surface area contributed by atoms with Crippen molar-refractivity contribution in [1.29, 1.82) is 0 Å². The van der Waals surface area contributed by atoms with Crippen molar-refractivity contribution in [2.24, 2.45) is 0 Å². The molecule has 102 valence electrons. The summed E-state index contributed by atoms with van der Waals surface area (Å²) in [7, 11) is 0. The Labute approximate surface area is 114 Å². The fourth-order valence-corrected chi connectivity index (χ4v) is 2.03. The molecule has 0 radical (unpaired) electrons. The second kappa shape index (κ2) is 5.18. The van der Waals surface area contributed by atoms with Gasteiger partial charge in [0.15, 0.2) is 5.82 Å². The van der Waals surface area contributed by atoms with E-state index in [1.54, 1.807) is 24.3 Å². The first-order valence-electron chi connectivity index (χ1n) is 6.16. The van der Waals surface area contributed by atoms with Crippen molar-refractivity contribution in [1.82, 2.24) is 14.8 Å². The fraction of sp³-hybridized carbons (Fsp3) is 0.143. The van der Waals surface area contributed by atoms with E-state index in [2.05, 4.69) is 10.2 Å². The van der Waals surface area contributed by atoms with Gasteiger partial charge in [0.05, 0.1) is 12.8 Å². The Bertz CT molecular complexity index is 729. The maximum Gasteiger partial charge on any atom is 0.343 e. The van der Waals surface area contributed by atoms with Crippen LogP contribution < -0.4 is 5.69 Å². The molecule has 1 atom stereocenters. The van der Waals surface area contributed by atoms with Gasteiger partial charge in [-0.1, -0.05) is 30.3 Å². The predicted octanol–water partition coefficient (Wildman–Crippen LogP) is 1.29. The maximum absolute atomic E-state index is 11.8. The summed E-state index contributed by atoms with van der Waals surface area (Å²) in [5.74, 6) is 0.882. The van der Waals surface area contributed by atoms with Crippen LogP contribution >= 0.6 is 0 Å². The third-order valence-electron chi connectivity index (χ3n) is 3.04. The van der Waals surface area contributed by atoms with Gasteiger partial charge in [0, 0.05) is 0 Å². The molecule has 0 aliphatic carbocycles. The fourth-order valence-electron chi connectivity index (χ4n) is 2.03. The summed E-state index contributed by atoms with van der Waals surface area (Å²) in [6.45, 7) is 0.224. The lowest BCUT2D eigenvalue weighted by Crippen LogP contribution is -2.21. The van der Waals surface area contributed by atoms with Gasteiger partial charge in [-0.2, -0.15) is 5.10 Å². The average molecular weight is 271 g/mol. The minimum absolute atomic E-state index is 0.224. The highest BCUT2D eigenvalue weighted by molar-refractivity contribution is 5.22. The number of H-pyrrole nitrogens is 1. The molecule has 1 aromatic carbocycles. The van der Waals surface area contributed by atoms with Crippen molar-refractivity contribution >= 4 is 0 Å². The van der Waals surface area contributed by atoms with Gasteiger partial charge >= 0.3 is 5.69 Å². The molecule has 6 heteroatoms. The highest BCUT2D eigenvalue weighted by Crippen LogP contribution is 2.19. The molecule has 2 aromatic heterocycles. The smallest absolute Gasteiger partial charge is 0.343 e. The molecule has 0 bridgehead atoms. The van der Waals surface area contributed by atoms with Crippen LogP contribution in [0.5, 0.6) is 0 Å². The van der Waals surface area contributed by atoms with E-state index >= 15 is 0 Å². The van der Waals surface area contributed by atoms with E-state index in [1.807, 2.05) is 18.2 Å². The number of rotatable bonds is 4. The summed E-state index contributed by atoms with van der Waals surface area (Å²) < 4.78 is 6.58. The first kappa shape index (κ1) is 12.4. The Kier molecular flexibility index (Phi) is 3.22. The molecule has 0 amide bonds. The van der Waals surface area contributed by atoms with Crippen LogP contribution in [-0.2, 0) is 6.54 Å². The van der Waals surface area contributed by atoms with Crippen molar-refractivity contribution in [2.75, 3.05) is 0 Å². The molecule has 0 aliphatic heterocycles. The lowest BCUT2D eigenvalue weighted by Gasteiger charge is -2.11. The van der Waals surface area contributed by atoms with Crippen LogP contribution in [0.2, 0.25) is 0 Å². The van der Waals surface area contributed by atoms with Crippen molar-refractivity contribution in [3.8, 4) is 0 Å². The van der Waals surface area contributed by atoms with Crippen LogP contribution in [0.25, 0.3) is 0 Å². The van der Waals surface area contributed by atoms with Crippen LogP contribution in [0, 0.1) is 0 Å². The van der Waals surface area contributed by atoms with Crippen LogP contribution in [0.1, 0.15) is 23.3 Å². The van der Waals surface area contributed by atoms with Gasteiger partial charge in [0.25, 0.3) is 0 Å². The lowest BCUT2D eigenvalue weighted by molar-refractivity contribution is 0.204. The molecule has 0 saturated carbocycles. The zero-order valence-electron chi connectivity index (χ0n) is 10.6. The van der Waals surface area contributed by atoms with Crippen molar-refractivity contribution in [2.45, 2.75) is 12.6 Å². The van der Waals surface area contributed by atoms with E-state index in [0.29, 0.717) is 11.3 Å². The summed E-state index contributed by atoms with van der Waals surface area (Å²) in [6.07, 6.45) is 0.568. The van der Waals surface area contributed by atoms with Crippen molar-refractivity contribution in [3.05, 3.63) is 76.4 Å². The molecule has 0 saturated heterocycles. The highest BCUT2D eigenvalue weighted by Gasteiger charge is 2.19. The van der Waals surface area contributed by atoms with Crippen LogP contribution in [0.3, 0.4) is 0 Å². The van der Waals surface area contributed by atoms with Gasteiger partial charge in [0.1, 0.15) is 11.9 Å². The minimum atomic E-state index is -0.967. The maximum atomic E-state index is 11.8. The third-order valence-corrected chi connectivity index (χ3v) is 3.04. The van der Waals surface area contributed by atoms with E-state index in [4.69, 9.17) is 4.42 Å². The molecule has 0 unspecified atom stereocenters. The molecule has 3 rings (SSSR count). The first-order valence-corrected chi connectivity index (χ1v) is 6.16. The SMILES string of the molecule is O=c1[nH]nc([C@H](O)c2ccccc2)n1Cc1ccco1. The second-order valence-electron chi connectivity index (χ2n) is 4.37. The highest BCUT2D eigenvalue weighted by atomic mass is 16.3. The van der Waals surface area contributed by atoms with Gasteiger partial charge in [0.2, 0.25) is 0 Å². The number of aromatic amines is 1. The summed E-state index contributed by atoms with van der Waals surface area (Å²) in [5, 5.41) is 16.6. The summed E-state index contributed by atoms with van der Waals surface area (Å²) in [4.78, 5) is 11.8. The van der Waals surface area contributed by atoms with Crippen molar-refractivity contribution in [3.63, 3.8) is 0 Å². The van der Waals surface area contributed by atoms with E-state index in [1.165, 1.54) is 10.8 Å². The van der Waals surface area contributed by atoms with Crippen LogP contribution in [0.4, 0.5) is 0 Å². The average Bonchev–Trinajstić information content (AvgIpc) is 3.11. The Hall–Kier alpha value is -2.60. The normalized spacial score (nSPS) is 12.4. The number of hydrogen-bond donors (Lipinski definition) is 2.